The normalized spacial score (nSPS) is 54.3. The van der Waals surface area contributed by atoms with E-state index in [2.05, 4.69) is 13.8 Å². The van der Waals surface area contributed by atoms with E-state index in [9.17, 15) is 30.0 Å². The van der Waals surface area contributed by atoms with Gasteiger partial charge in [0.2, 0.25) is 0 Å². The van der Waals surface area contributed by atoms with Crippen LogP contribution in [0.5, 0.6) is 0 Å². The highest BCUT2D eigenvalue weighted by Crippen LogP contribution is 2.66. The molecule has 8 nitrogen and oxygen atoms in total. The van der Waals surface area contributed by atoms with E-state index in [1.807, 2.05) is 0 Å². The smallest absolute Gasteiger partial charge is 0.187 e. The summed E-state index contributed by atoms with van der Waals surface area (Å²) < 4.78 is 11.5. The molecule has 0 amide bonds. The molecule has 0 aromatic heterocycles. The summed E-state index contributed by atoms with van der Waals surface area (Å²) in [5, 5.41) is 41.8. The molecule has 0 radical (unpaired) electrons. The Bertz CT molecular complexity index is 801. The van der Waals surface area contributed by atoms with Crippen LogP contribution in [0.15, 0.2) is 0 Å². The van der Waals surface area contributed by atoms with Crippen LogP contribution in [0.2, 0.25) is 0 Å². The Morgan fingerprint density at radius 3 is 2.42 bits per heavy atom. The van der Waals surface area contributed by atoms with Crippen LogP contribution in [0.3, 0.4) is 0 Å². The van der Waals surface area contributed by atoms with Gasteiger partial charge in [0.1, 0.15) is 30.2 Å². The molecule has 0 aromatic carbocycles. The molecule has 33 heavy (non-hydrogen) atoms. The summed E-state index contributed by atoms with van der Waals surface area (Å²) in [6.45, 7) is 4.65. The number of rotatable bonds is 3. The van der Waals surface area contributed by atoms with Gasteiger partial charge in [-0.3, -0.25) is 4.79 Å². The topological polar surface area (TPSA) is 136 Å². The van der Waals surface area contributed by atoms with Crippen molar-refractivity contribution in [1.29, 1.82) is 0 Å². The van der Waals surface area contributed by atoms with Gasteiger partial charge in [-0.1, -0.05) is 13.8 Å². The zero-order chi connectivity index (χ0) is 23.7. The molecule has 5 fully saturated rings. The highest BCUT2D eigenvalue weighted by atomic mass is 16.7. The van der Waals surface area contributed by atoms with Crippen molar-refractivity contribution in [3.63, 3.8) is 0 Å². The SMILES string of the molecule is C[C@]12CCC(=O)C[C@@H]1CC[C@@H]1[C@@H]2CC[C@]2(C)[C@@H](O[C@@H]3O[C@H](C(=O)[O-])[C@@H](O)[C@H](O)[C@H]3O)CC[C@@H]12. The third-order valence-electron chi connectivity index (χ3n) is 10.5. The third kappa shape index (κ3) is 3.59. The predicted molar refractivity (Wildman–Crippen MR) is 113 cm³/mol. The number of ether oxygens (including phenoxy) is 2. The Labute approximate surface area is 194 Å². The van der Waals surface area contributed by atoms with Crippen molar-refractivity contribution in [2.75, 3.05) is 0 Å². The van der Waals surface area contributed by atoms with E-state index in [4.69, 9.17) is 9.47 Å². The van der Waals surface area contributed by atoms with E-state index < -0.39 is 36.7 Å². The van der Waals surface area contributed by atoms with Gasteiger partial charge in [0.15, 0.2) is 6.29 Å². The number of ketones is 1. The summed E-state index contributed by atoms with van der Waals surface area (Å²) in [5.74, 6) is 0.917. The van der Waals surface area contributed by atoms with E-state index in [0.717, 1.165) is 51.4 Å². The minimum atomic E-state index is -1.77. The zero-order valence-electron chi connectivity index (χ0n) is 19.5. The lowest BCUT2D eigenvalue weighted by molar-refractivity contribution is -0.355. The van der Waals surface area contributed by atoms with Crippen molar-refractivity contribution in [2.24, 2.45) is 34.5 Å². The molecule has 0 bridgehead atoms. The number of hydrogen-bond donors (Lipinski definition) is 3. The van der Waals surface area contributed by atoms with Gasteiger partial charge in [-0.15, -0.1) is 0 Å². The van der Waals surface area contributed by atoms with Crippen molar-refractivity contribution in [2.45, 2.75) is 108 Å². The van der Waals surface area contributed by atoms with E-state index in [0.29, 0.717) is 35.9 Å². The summed E-state index contributed by atoms with van der Waals surface area (Å²) in [7, 11) is 0. The monoisotopic (exact) mass is 465 g/mol. The summed E-state index contributed by atoms with van der Waals surface area (Å²) in [5.41, 5.74) is 0.0949. The van der Waals surface area contributed by atoms with Crippen LogP contribution < -0.4 is 5.11 Å². The molecule has 1 aliphatic heterocycles. The van der Waals surface area contributed by atoms with Crippen molar-refractivity contribution in [3.8, 4) is 0 Å². The minimum absolute atomic E-state index is 0.129. The molecule has 5 rings (SSSR count). The molecule has 0 spiro atoms. The van der Waals surface area contributed by atoms with E-state index in [1.54, 1.807) is 0 Å². The molecule has 12 atom stereocenters. The van der Waals surface area contributed by atoms with E-state index in [-0.39, 0.29) is 16.9 Å². The summed E-state index contributed by atoms with van der Waals surface area (Å²) in [4.78, 5) is 23.4. The van der Waals surface area contributed by atoms with Crippen LogP contribution in [0.25, 0.3) is 0 Å². The fourth-order valence-corrected chi connectivity index (χ4v) is 8.54. The van der Waals surface area contributed by atoms with Crippen LogP contribution in [-0.4, -0.2) is 63.9 Å². The van der Waals surface area contributed by atoms with Gasteiger partial charge in [-0.25, -0.2) is 0 Å². The maximum atomic E-state index is 12.1. The molecule has 1 saturated heterocycles. The Morgan fingerprint density at radius 2 is 1.70 bits per heavy atom. The Hall–Kier alpha value is -1.06. The van der Waals surface area contributed by atoms with Gasteiger partial charge in [0.25, 0.3) is 0 Å². The first-order chi connectivity index (χ1) is 15.6. The number of carbonyl (C=O) groups is 2. The molecule has 1 heterocycles. The molecule has 186 valence electrons. The quantitative estimate of drug-likeness (QED) is 0.549. The maximum Gasteiger partial charge on any atom is 0.187 e. The lowest BCUT2D eigenvalue weighted by Crippen LogP contribution is -2.63. The molecule has 0 aromatic rings. The van der Waals surface area contributed by atoms with Crippen molar-refractivity contribution < 1.29 is 39.5 Å². The zero-order valence-corrected chi connectivity index (χ0v) is 19.5. The lowest BCUT2D eigenvalue weighted by Gasteiger charge is -2.60. The molecule has 5 aliphatic rings. The second kappa shape index (κ2) is 8.26. The van der Waals surface area contributed by atoms with Gasteiger partial charge < -0.3 is 34.7 Å². The first kappa shape index (κ1) is 23.7. The lowest BCUT2D eigenvalue weighted by atomic mass is 9.45. The fourth-order valence-electron chi connectivity index (χ4n) is 8.54. The third-order valence-corrected chi connectivity index (χ3v) is 10.5. The highest BCUT2D eigenvalue weighted by Gasteiger charge is 2.61. The first-order valence-electron chi connectivity index (χ1n) is 12.6. The van der Waals surface area contributed by atoms with Crippen LogP contribution in [-0.2, 0) is 19.1 Å². The second-order valence-electron chi connectivity index (χ2n) is 11.9. The Balaban J connectivity index is 1.32. The molecular weight excluding hydrogens is 428 g/mol. The average molecular weight is 466 g/mol. The second-order valence-corrected chi connectivity index (χ2v) is 11.9. The van der Waals surface area contributed by atoms with E-state index in [1.165, 1.54) is 0 Å². The number of fused-ring (bicyclic) bond motifs is 5. The van der Waals surface area contributed by atoms with Gasteiger partial charge in [0, 0.05) is 12.8 Å². The number of carboxylic acid groups (broad SMARTS) is 1. The predicted octanol–water partition coefficient (Wildman–Crippen LogP) is 0.541. The maximum absolute atomic E-state index is 12.1. The molecular formula is C25H37O8-. The fraction of sp³-hybridized carbons (Fsp3) is 0.920. The van der Waals surface area contributed by atoms with Crippen LogP contribution in [0.1, 0.15) is 71.6 Å². The van der Waals surface area contributed by atoms with E-state index >= 15 is 0 Å². The first-order valence-corrected chi connectivity index (χ1v) is 12.6. The number of aliphatic carboxylic acids is 1. The van der Waals surface area contributed by atoms with Crippen molar-refractivity contribution in [1.82, 2.24) is 0 Å². The van der Waals surface area contributed by atoms with Gasteiger partial charge in [0.05, 0.1) is 12.1 Å². The number of carbonyl (C=O) groups excluding carboxylic acids is 2. The van der Waals surface area contributed by atoms with Crippen LogP contribution in [0.4, 0.5) is 0 Å². The molecule has 3 N–H and O–H groups in total. The van der Waals surface area contributed by atoms with Crippen molar-refractivity contribution >= 4 is 11.8 Å². The number of carboxylic acids is 1. The number of Topliss-reactive ketones (excluding diaryl/α,β-unsaturated/α-hetero) is 1. The standard InChI is InChI=1S/C25H38O8/c1-24-9-7-13(26)11-12(24)3-4-14-15-5-6-17(25(15,2)10-8-16(14)24)32-23-20(29)18(27)19(28)21(33-23)22(30)31/h12,14-21,23,27-29H,3-11H2,1-2H3,(H,30,31)/p-1/t12-,14-,15-,16-,17-,18-,19-,20+,21-,23+,24-,25-/m0/s1. The van der Waals surface area contributed by atoms with Crippen molar-refractivity contribution in [3.05, 3.63) is 0 Å². The van der Waals surface area contributed by atoms with Gasteiger partial charge in [-0.05, 0) is 79.4 Å². The van der Waals surface area contributed by atoms with Crippen LogP contribution in [0, 0.1) is 34.5 Å². The Morgan fingerprint density at radius 1 is 0.970 bits per heavy atom. The molecule has 0 unspecified atom stereocenters. The average Bonchev–Trinajstić information content (AvgIpc) is 3.10. The molecule has 4 aliphatic carbocycles. The Kier molecular flexibility index (Phi) is 5.93. The van der Waals surface area contributed by atoms with Gasteiger partial charge in [-0.2, -0.15) is 0 Å². The van der Waals surface area contributed by atoms with Crippen LogP contribution >= 0.6 is 0 Å². The number of aliphatic hydroxyl groups is 3. The summed E-state index contributed by atoms with van der Waals surface area (Å²) in [6.07, 6.45) is 0.185. The molecule has 4 saturated carbocycles. The number of hydrogen-bond acceptors (Lipinski definition) is 8. The minimum Gasteiger partial charge on any atom is -0.547 e. The summed E-state index contributed by atoms with van der Waals surface area (Å²) in [6, 6.07) is 0. The molecule has 8 heteroatoms. The van der Waals surface area contributed by atoms with Gasteiger partial charge >= 0.3 is 0 Å². The highest BCUT2D eigenvalue weighted by molar-refractivity contribution is 5.79. The number of aliphatic hydroxyl groups excluding tert-OH is 3. The largest absolute Gasteiger partial charge is 0.547 e. The summed E-state index contributed by atoms with van der Waals surface area (Å²) >= 11 is 0.